The third-order valence-electron chi connectivity index (χ3n) is 5.38. The number of ether oxygens (including phenoxy) is 2. The van der Waals surface area contributed by atoms with Gasteiger partial charge < -0.3 is 20.1 Å². The molecule has 7 heteroatoms. The molecule has 2 N–H and O–H groups in total. The average Bonchev–Trinajstić information content (AvgIpc) is 3.45. The van der Waals surface area contributed by atoms with Crippen LogP contribution < -0.4 is 20.1 Å². The molecule has 1 aromatic heterocycles. The molecule has 2 amide bonds. The van der Waals surface area contributed by atoms with Crippen molar-refractivity contribution in [3.8, 4) is 11.5 Å². The fraction of sp³-hybridized carbons (Fsp3) is 0.400. The van der Waals surface area contributed by atoms with Crippen LogP contribution in [0.15, 0.2) is 35.0 Å². The molecule has 142 valence electrons. The molecular weight excluding hydrogens is 364 g/mol. The van der Waals surface area contributed by atoms with Gasteiger partial charge in [0.25, 0.3) is 0 Å². The number of hydrogen-bond donors (Lipinski definition) is 2. The summed E-state index contributed by atoms with van der Waals surface area (Å²) in [4.78, 5) is 24.4. The lowest BCUT2D eigenvalue weighted by atomic mass is 9.80. The van der Waals surface area contributed by atoms with Crippen molar-refractivity contribution in [1.82, 2.24) is 10.6 Å². The van der Waals surface area contributed by atoms with Crippen LogP contribution >= 0.6 is 11.3 Å². The van der Waals surface area contributed by atoms with Crippen molar-refractivity contribution in [2.24, 2.45) is 0 Å². The minimum Gasteiger partial charge on any atom is -0.454 e. The maximum atomic E-state index is 12.3. The number of carbonyl (C=O) groups is 2. The highest BCUT2D eigenvalue weighted by atomic mass is 32.1. The molecule has 0 radical (unpaired) electrons. The summed E-state index contributed by atoms with van der Waals surface area (Å²) in [5, 5.41) is 9.72. The van der Waals surface area contributed by atoms with E-state index in [0.717, 1.165) is 31.2 Å². The highest BCUT2D eigenvalue weighted by Gasteiger charge is 2.36. The van der Waals surface area contributed by atoms with Gasteiger partial charge in [-0.05, 0) is 52.9 Å². The Morgan fingerprint density at radius 1 is 1.04 bits per heavy atom. The molecule has 2 heterocycles. The lowest BCUT2D eigenvalue weighted by Gasteiger charge is -2.28. The van der Waals surface area contributed by atoms with Crippen LogP contribution in [0.4, 0.5) is 0 Å². The second-order valence-corrected chi connectivity index (χ2v) is 7.83. The fourth-order valence-electron chi connectivity index (χ4n) is 3.83. The topological polar surface area (TPSA) is 76.7 Å². The summed E-state index contributed by atoms with van der Waals surface area (Å²) < 4.78 is 10.6. The van der Waals surface area contributed by atoms with Gasteiger partial charge in [-0.1, -0.05) is 18.9 Å². The number of benzene rings is 1. The molecule has 27 heavy (non-hydrogen) atoms. The van der Waals surface area contributed by atoms with Gasteiger partial charge >= 0.3 is 11.8 Å². The van der Waals surface area contributed by atoms with Crippen LogP contribution in [0.1, 0.15) is 36.8 Å². The smallest absolute Gasteiger partial charge is 0.309 e. The fourth-order valence-corrected chi connectivity index (χ4v) is 4.61. The van der Waals surface area contributed by atoms with Crippen molar-refractivity contribution >= 4 is 23.2 Å². The second-order valence-electron chi connectivity index (χ2n) is 7.05. The number of thiophene rings is 1. The number of fused-ring (bicyclic) bond motifs is 1. The highest BCUT2D eigenvalue weighted by molar-refractivity contribution is 7.08. The van der Waals surface area contributed by atoms with Gasteiger partial charge in [-0.2, -0.15) is 11.3 Å². The predicted octanol–water partition coefficient (Wildman–Crippen LogP) is 2.72. The third-order valence-corrected chi connectivity index (χ3v) is 6.06. The van der Waals surface area contributed by atoms with E-state index in [0.29, 0.717) is 18.0 Å². The Bertz CT molecular complexity index is 829. The van der Waals surface area contributed by atoms with Crippen molar-refractivity contribution < 1.29 is 19.1 Å². The first-order valence-electron chi connectivity index (χ1n) is 9.14. The van der Waals surface area contributed by atoms with Crippen LogP contribution in [-0.2, 0) is 21.5 Å². The minimum atomic E-state index is -0.619. The molecule has 0 spiro atoms. The van der Waals surface area contributed by atoms with E-state index < -0.39 is 11.8 Å². The Hall–Kier alpha value is -2.54. The summed E-state index contributed by atoms with van der Waals surface area (Å²) in [5.41, 5.74) is 2.09. The molecule has 1 saturated carbocycles. The monoisotopic (exact) mass is 386 g/mol. The minimum absolute atomic E-state index is 0.0345. The van der Waals surface area contributed by atoms with Gasteiger partial charge in [0.2, 0.25) is 6.79 Å². The zero-order chi connectivity index (χ0) is 18.7. The van der Waals surface area contributed by atoms with Gasteiger partial charge in [0, 0.05) is 18.5 Å². The summed E-state index contributed by atoms with van der Waals surface area (Å²) in [5.74, 6) is 0.145. The van der Waals surface area contributed by atoms with E-state index in [1.54, 1.807) is 17.4 Å². The van der Waals surface area contributed by atoms with E-state index >= 15 is 0 Å². The van der Waals surface area contributed by atoms with Crippen LogP contribution in [0.25, 0.3) is 0 Å². The van der Waals surface area contributed by atoms with E-state index in [9.17, 15) is 9.59 Å². The molecule has 6 nitrogen and oxygen atoms in total. The van der Waals surface area contributed by atoms with Gasteiger partial charge in [0.05, 0.1) is 0 Å². The zero-order valence-electron chi connectivity index (χ0n) is 15.0. The first-order valence-corrected chi connectivity index (χ1v) is 10.1. The average molecular weight is 386 g/mol. The quantitative estimate of drug-likeness (QED) is 0.775. The molecule has 1 aromatic carbocycles. The van der Waals surface area contributed by atoms with Gasteiger partial charge in [0.1, 0.15) is 0 Å². The first-order chi connectivity index (χ1) is 13.2. The number of hydrogen-bond acceptors (Lipinski definition) is 5. The number of amides is 2. The van der Waals surface area contributed by atoms with Crippen molar-refractivity contribution in [3.63, 3.8) is 0 Å². The standard InChI is InChI=1S/C20H22N2O4S/c23-18(21-10-14-3-4-16-17(9-14)26-13-25-16)19(24)22-12-20(6-1-2-7-20)15-5-8-27-11-15/h3-5,8-9,11H,1-2,6-7,10,12-13H2,(H,21,23)(H,22,24). The molecule has 1 aliphatic carbocycles. The summed E-state index contributed by atoms with van der Waals surface area (Å²) in [6.07, 6.45) is 4.40. The molecule has 1 fully saturated rings. The van der Waals surface area contributed by atoms with Crippen LogP contribution in [0, 0.1) is 0 Å². The van der Waals surface area contributed by atoms with Crippen molar-refractivity contribution in [2.75, 3.05) is 13.3 Å². The zero-order valence-corrected chi connectivity index (χ0v) is 15.8. The molecule has 2 aromatic rings. The van der Waals surface area contributed by atoms with Crippen molar-refractivity contribution in [3.05, 3.63) is 46.2 Å². The molecule has 0 saturated heterocycles. The first kappa shape index (κ1) is 17.9. The molecule has 0 unspecified atom stereocenters. The Labute approximate surface area is 161 Å². The van der Waals surface area contributed by atoms with Crippen LogP contribution in [0.2, 0.25) is 0 Å². The molecule has 2 aliphatic rings. The third kappa shape index (κ3) is 3.78. The van der Waals surface area contributed by atoms with Crippen LogP contribution in [0.5, 0.6) is 11.5 Å². The summed E-state index contributed by atoms with van der Waals surface area (Å²) in [7, 11) is 0. The van der Waals surface area contributed by atoms with Gasteiger partial charge in [-0.3, -0.25) is 9.59 Å². The SMILES string of the molecule is O=C(NCc1ccc2c(c1)OCO2)C(=O)NCC1(c2ccsc2)CCCC1. The van der Waals surface area contributed by atoms with Gasteiger partial charge in [-0.25, -0.2) is 0 Å². The maximum absolute atomic E-state index is 12.3. The molecular formula is C20H22N2O4S. The Kier molecular flexibility index (Phi) is 5.03. The van der Waals surface area contributed by atoms with E-state index in [4.69, 9.17) is 9.47 Å². The van der Waals surface area contributed by atoms with Crippen LogP contribution in [0.3, 0.4) is 0 Å². The lowest BCUT2D eigenvalue weighted by molar-refractivity contribution is -0.139. The maximum Gasteiger partial charge on any atom is 0.309 e. The lowest BCUT2D eigenvalue weighted by Crippen LogP contribution is -2.45. The Morgan fingerprint density at radius 3 is 2.59 bits per heavy atom. The van der Waals surface area contributed by atoms with Crippen LogP contribution in [-0.4, -0.2) is 25.2 Å². The van der Waals surface area contributed by atoms with Crippen molar-refractivity contribution in [2.45, 2.75) is 37.6 Å². The largest absolute Gasteiger partial charge is 0.454 e. The van der Waals surface area contributed by atoms with E-state index in [-0.39, 0.29) is 18.8 Å². The van der Waals surface area contributed by atoms with E-state index in [1.165, 1.54) is 5.56 Å². The Balaban J connectivity index is 1.31. The van der Waals surface area contributed by atoms with Gasteiger partial charge in [-0.15, -0.1) is 0 Å². The Morgan fingerprint density at radius 2 is 1.81 bits per heavy atom. The second kappa shape index (κ2) is 7.60. The van der Waals surface area contributed by atoms with Gasteiger partial charge in [0.15, 0.2) is 11.5 Å². The molecule has 1 aliphatic heterocycles. The predicted molar refractivity (Wildman–Crippen MR) is 102 cm³/mol. The summed E-state index contributed by atoms with van der Waals surface area (Å²) in [6, 6.07) is 7.58. The number of nitrogens with one attached hydrogen (secondary N) is 2. The molecule has 0 bridgehead atoms. The molecule has 4 rings (SSSR count). The van der Waals surface area contributed by atoms with E-state index in [1.807, 2.05) is 12.1 Å². The number of rotatable bonds is 5. The summed E-state index contributed by atoms with van der Waals surface area (Å²) in [6.45, 7) is 0.970. The highest BCUT2D eigenvalue weighted by Crippen LogP contribution is 2.41. The summed E-state index contributed by atoms with van der Waals surface area (Å²) >= 11 is 1.67. The van der Waals surface area contributed by atoms with Crippen molar-refractivity contribution in [1.29, 1.82) is 0 Å². The normalized spacial score (nSPS) is 16.9. The number of carbonyl (C=O) groups excluding carboxylic acids is 2. The van der Waals surface area contributed by atoms with E-state index in [2.05, 4.69) is 27.5 Å². The molecule has 0 atom stereocenters.